The van der Waals surface area contributed by atoms with Crippen LogP contribution in [0, 0.1) is 0 Å². The molecule has 1 aromatic heterocycles. The Morgan fingerprint density at radius 3 is 2.83 bits per heavy atom. The third kappa shape index (κ3) is 3.88. The van der Waals surface area contributed by atoms with Crippen LogP contribution >= 0.6 is 0 Å². The fraction of sp³-hybridized carbons (Fsp3) is 0.444. The van der Waals surface area contributed by atoms with Gasteiger partial charge in [-0.3, -0.25) is 4.79 Å². The minimum Gasteiger partial charge on any atom is -0.497 e. The summed E-state index contributed by atoms with van der Waals surface area (Å²) in [6.07, 6.45) is 4.13. The van der Waals surface area contributed by atoms with Crippen molar-refractivity contribution in [3.63, 3.8) is 0 Å². The summed E-state index contributed by atoms with van der Waals surface area (Å²) >= 11 is 0. The van der Waals surface area contributed by atoms with E-state index >= 15 is 0 Å². The Balaban J connectivity index is 1.56. The van der Waals surface area contributed by atoms with Crippen LogP contribution in [0.4, 0.5) is 0 Å². The second-order valence-electron chi connectivity index (χ2n) is 6.13. The molecule has 0 unspecified atom stereocenters. The second kappa shape index (κ2) is 6.95. The summed E-state index contributed by atoms with van der Waals surface area (Å²) in [5.41, 5.74) is 0.267. The molecule has 24 heavy (non-hydrogen) atoms. The molecule has 0 radical (unpaired) electrons. The SMILES string of the molecule is CCCC1(NC(=O)c2cc(COc3cccc(OC)c3)on2)CC1. The largest absolute Gasteiger partial charge is 0.497 e. The van der Waals surface area contributed by atoms with Gasteiger partial charge in [-0.25, -0.2) is 0 Å². The van der Waals surface area contributed by atoms with Crippen LogP contribution in [0.25, 0.3) is 0 Å². The lowest BCUT2D eigenvalue weighted by Crippen LogP contribution is -2.36. The van der Waals surface area contributed by atoms with Gasteiger partial charge in [-0.1, -0.05) is 24.6 Å². The average Bonchev–Trinajstić information content (AvgIpc) is 3.17. The molecule has 0 saturated heterocycles. The van der Waals surface area contributed by atoms with Gasteiger partial charge >= 0.3 is 0 Å². The minimum atomic E-state index is -0.183. The molecule has 6 nitrogen and oxygen atoms in total. The number of hydrogen-bond acceptors (Lipinski definition) is 5. The van der Waals surface area contributed by atoms with Crippen LogP contribution in [0.3, 0.4) is 0 Å². The van der Waals surface area contributed by atoms with Crippen molar-refractivity contribution < 1.29 is 18.8 Å². The Hall–Kier alpha value is -2.50. The summed E-state index contributed by atoms with van der Waals surface area (Å²) < 4.78 is 16.0. The van der Waals surface area contributed by atoms with Crippen LogP contribution in [-0.4, -0.2) is 23.7 Å². The van der Waals surface area contributed by atoms with Gasteiger partial charge in [0.1, 0.15) is 18.1 Å². The molecule has 1 N–H and O–H groups in total. The first-order valence-electron chi connectivity index (χ1n) is 8.19. The first kappa shape index (κ1) is 16.4. The summed E-state index contributed by atoms with van der Waals surface area (Å²) in [6.45, 7) is 2.32. The standard InChI is InChI=1S/C18H22N2O4/c1-3-7-18(8-9-18)19-17(21)16-11-15(24-20-16)12-23-14-6-4-5-13(10-14)22-2/h4-6,10-11H,3,7-9,12H2,1-2H3,(H,19,21). The topological polar surface area (TPSA) is 73.6 Å². The quantitative estimate of drug-likeness (QED) is 0.804. The van der Waals surface area contributed by atoms with Crippen molar-refractivity contribution in [3.8, 4) is 11.5 Å². The van der Waals surface area contributed by atoms with E-state index in [1.54, 1.807) is 19.2 Å². The van der Waals surface area contributed by atoms with E-state index < -0.39 is 0 Å². The molecule has 0 bridgehead atoms. The summed E-state index contributed by atoms with van der Waals surface area (Å²) in [7, 11) is 1.60. The predicted octanol–water partition coefficient (Wildman–Crippen LogP) is 3.32. The average molecular weight is 330 g/mol. The van der Waals surface area contributed by atoms with Crippen molar-refractivity contribution >= 4 is 5.91 Å². The summed E-state index contributed by atoms with van der Waals surface area (Å²) in [5, 5.41) is 6.91. The van der Waals surface area contributed by atoms with Crippen LogP contribution < -0.4 is 14.8 Å². The number of methoxy groups -OCH3 is 1. The van der Waals surface area contributed by atoms with E-state index in [4.69, 9.17) is 14.0 Å². The number of aromatic nitrogens is 1. The van der Waals surface area contributed by atoms with E-state index in [1.165, 1.54) is 0 Å². The van der Waals surface area contributed by atoms with Crippen molar-refractivity contribution in [1.29, 1.82) is 0 Å². The van der Waals surface area contributed by atoms with Gasteiger partial charge in [-0.05, 0) is 31.4 Å². The van der Waals surface area contributed by atoms with Gasteiger partial charge in [0, 0.05) is 17.7 Å². The van der Waals surface area contributed by atoms with Gasteiger partial charge < -0.3 is 19.3 Å². The fourth-order valence-corrected chi connectivity index (χ4v) is 2.71. The van der Waals surface area contributed by atoms with Crippen LogP contribution in [0.5, 0.6) is 11.5 Å². The second-order valence-corrected chi connectivity index (χ2v) is 6.13. The van der Waals surface area contributed by atoms with Crippen molar-refractivity contribution in [2.75, 3.05) is 7.11 Å². The normalized spacial score (nSPS) is 14.9. The van der Waals surface area contributed by atoms with E-state index in [-0.39, 0.29) is 18.1 Å². The van der Waals surface area contributed by atoms with Gasteiger partial charge in [0.25, 0.3) is 5.91 Å². The lowest BCUT2D eigenvalue weighted by atomic mass is 10.1. The molecule has 1 amide bonds. The molecule has 0 spiro atoms. The zero-order valence-electron chi connectivity index (χ0n) is 14.0. The number of amides is 1. The van der Waals surface area contributed by atoms with Gasteiger partial charge in [-0.2, -0.15) is 0 Å². The smallest absolute Gasteiger partial charge is 0.273 e. The van der Waals surface area contributed by atoms with Crippen LogP contribution in [0.2, 0.25) is 0 Å². The molecular formula is C18H22N2O4. The molecule has 1 aliphatic rings. The van der Waals surface area contributed by atoms with Crippen LogP contribution in [0.15, 0.2) is 34.9 Å². The van der Waals surface area contributed by atoms with Crippen molar-refractivity contribution in [2.24, 2.45) is 0 Å². The molecule has 128 valence electrons. The monoisotopic (exact) mass is 330 g/mol. The van der Waals surface area contributed by atoms with Gasteiger partial charge in [-0.15, -0.1) is 0 Å². The number of ether oxygens (including phenoxy) is 2. The molecule has 1 aromatic carbocycles. The molecule has 0 aliphatic heterocycles. The first-order valence-corrected chi connectivity index (χ1v) is 8.19. The molecule has 1 heterocycles. The number of nitrogens with one attached hydrogen (secondary N) is 1. The highest BCUT2D eigenvalue weighted by atomic mass is 16.5. The maximum absolute atomic E-state index is 12.3. The Morgan fingerprint density at radius 2 is 2.12 bits per heavy atom. The summed E-state index contributed by atoms with van der Waals surface area (Å²) in [4.78, 5) is 12.3. The lowest BCUT2D eigenvalue weighted by Gasteiger charge is -2.14. The maximum Gasteiger partial charge on any atom is 0.273 e. The predicted molar refractivity (Wildman–Crippen MR) is 88.2 cm³/mol. The number of hydrogen-bond donors (Lipinski definition) is 1. The molecule has 2 aromatic rings. The summed E-state index contributed by atoms with van der Waals surface area (Å²) in [6, 6.07) is 8.92. The highest BCUT2D eigenvalue weighted by molar-refractivity contribution is 5.93. The van der Waals surface area contributed by atoms with E-state index in [1.807, 2.05) is 18.2 Å². The van der Waals surface area contributed by atoms with Crippen LogP contribution in [-0.2, 0) is 6.61 Å². The Labute approximate surface area is 141 Å². The summed E-state index contributed by atoms with van der Waals surface area (Å²) in [5.74, 6) is 1.70. The number of benzene rings is 1. The highest BCUT2D eigenvalue weighted by Crippen LogP contribution is 2.39. The van der Waals surface area contributed by atoms with Gasteiger partial charge in [0.05, 0.1) is 7.11 Å². The number of rotatable bonds is 8. The Morgan fingerprint density at radius 1 is 1.33 bits per heavy atom. The number of nitrogens with zero attached hydrogens (tertiary/aromatic N) is 1. The van der Waals surface area contributed by atoms with E-state index in [2.05, 4.69) is 17.4 Å². The van der Waals surface area contributed by atoms with E-state index in [9.17, 15) is 4.79 Å². The zero-order valence-corrected chi connectivity index (χ0v) is 14.0. The number of carbonyl (C=O) groups excluding carboxylic acids is 1. The molecule has 0 atom stereocenters. The fourth-order valence-electron chi connectivity index (χ4n) is 2.71. The van der Waals surface area contributed by atoms with Crippen molar-refractivity contribution in [1.82, 2.24) is 10.5 Å². The molecular weight excluding hydrogens is 308 g/mol. The molecule has 6 heteroatoms. The highest BCUT2D eigenvalue weighted by Gasteiger charge is 2.43. The Bertz CT molecular complexity index is 707. The van der Waals surface area contributed by atoms with Crippen molar-refractivity contribution in [2.45, 2.75) is 44.8 Å². The van der Waals surface area contributed by atoms with E-state index in [0.29, 0.717) is 17.2 Å². The molecule has 3 rings (SSSR count). The lowest BCUT2D eigenvalue weighted by molar-refractivity contribution is 0.0919. The van der Waals surface area contributed by atoms with Gasteiger partial charge in [0.2, 0.25) is 0 Å². The Kier molecular flexibility index (Phi) is 4.74. The molecule has 1 saturated carbocycles. The van der Waals surface area contributed by atoms with Gasteiger partial charge in [0.15, 0.2) is 11.5 Å². The molecule has 1 aliphatic carbocycles. The molecule has 1 fully saturated rings. The number of carbonyl (C=O) groups is 1. The first-order chi connectivity index (χ1) is 11.6. The maximum atomic E-state index is 12.3. The third-order valence-corrected chi connectivity index (χ3v) is 4.17. The van der Waals surface area contributed by atoms with E-state index in [0.717, 1.165) is 31.4 Å². The van der Waals surface area contributed by atoms with Crippen molar-refractivity contribution in [3.05, 3.63) is 41.8 Å². The third-order valence-electron chi connectivity index (χ3n) is 4.17. The van der Waals surface area contributed by atoms with Crippen LogP contribution in [0.1, 0.15) is 48.9 Å². The minimum absolute atomic E-state index is 0.0258. The zero-order chi connectivity index (χ0) is 17.0.